The zero-order chi connectivity index (χ0) is 19.9. The number of ether oxygens (including phenoxy) is 2. The molecule has 0 spiro atoms. The molecule has 5 heteroatoms. The summed E-state index contributed by atoms with van der Waals surface area (Å²) in [6.07, 6.45) is 0. The quantitative estimate of drug-likeness (QED) is 0.599. The molecule has 1 heterocycles. The Labute approximate surface area is 163 Å². The average Bonchev–Trinajstić information content (AvgIpc) is 2.87. The van der Waals surface area contributed by atoms with E-state index in [1.54, 1.807) is 19.9 Å². The van der Waals surface area contributed by atoms with E-state index in [1.807, 2.05) is 60.7 Å². The molecule has 0 saturated carbocycles. The molecule has 28 heavy (non-hydrogen) atoms. The third-order valence-electron chi connectivity index (χ3n) is 4.10. The highest BCUT2D eigenvalue weighted by atomic mass is 16.5. The molecule has 2 aromatic carbocycles. The molecule has 0 amide bonds. The Hall–Kier alpha value is -3.47. The summed E-state index contributed by atoms with van der Waals surface area (Å²) in [6, 6.07) is 20.5. The van der Waals surface area contributed by atoms with E-state index in [0.29, 0.717) is 11.3 Å². The van der Waals surface area contributed by atoms with E-state index in [4.69, 9.17) is 9.47 Å². The maximum atomic E-state index is 13.0. The fourth-order valence-corrected chi connectivity index (χ4v) is 2.85. The van der Waals surface area contributed by atoms with Gasteiger partial charge in [0.2, 0.25) is 0 Å². The van der Waals surface area contributed by atoms with Crippen molar-refractivity contribution in [2.75, 3.05) is 13.2 Å². The number of hydrogen-bond acceptors (Lipinski definition) is 5. The highest BCUT2D eigenvalue weighted by Crippen LogP contribution is 2.31. The number of esters is 1. The first-order valence-electron chi connectivity index (χ1n) is 9.15. The summed E-state index contributed by atoms with van der Waals surface area (Å²) in [5.74, 6) is -0.811. The minimum atomic E-state index is -0.692. The van der Waals surface area contributed by atoms with E-state index in [0.717, 1.165) is 11.1 Å². The van der Waals surface area contributed by atoms with Crippen LogP contribution in [0.1, 0.15) is 24.2 Å². The molecule has 0 atom stereocenters. The number of aromatic nitrogens is 1. The molecular formula is C23H21NO4. The summed E-state index contributed by atoms with van der Waals surface area (Å²) in [5.41, 5.74) is 2.17. The van der Waals surface area contributed by atoms with E-state index in [9.17, 15) is 9.59 Å². The fraction of sp³-hybridized carbons (Fsp3) is 0.174. The summed E-state index contributed by atoms with van der Waals surface area (Å²) < 4.78 is 10.6. The molecule has 5 nitrogen and oxygen atoms in total. The molecule has 0 unspecified atom stereocenters. The number of carbonyl (C=O) groups excluding carboxylic acids is 1. The van der Waals surface area contributed by atoms with Crippen LogP contribution in [-0.2, 0) is 4.74 Å². The minimum Gasteiger partial charge on any atom is -0.475 e. The Bertz CT molecular complexity index is 1020. The highest BCUT2D eigenvalue weighted by molar-refractivity contribution is 5.93. The first-order valence-corrected chi connectivity index (χ1v) is 9.15. The fourth-order valence-electron chi connectivity index (χ4n) is 2.85. The predicted octanol–water partition coefficient (Wildman–Crippen LogP) is 4.35. The van der Waals surface area contributed by atoms with E-state index < -0.39 is 11.4 Å². The lowest BCUT2D eigenvalue weighted by atomic mass is 9.99. The van der Waals surface area contributed by atoms with Gasteiger partial charge in [-0.2, -0.15) is 0 Å². The number of rotatable bonds is 6. The summed E-state index contributed by atoms with van der Waals surface area (Å²) in [4.78, 5) is 30.0. The van der Waals surface area contributed by atoms with Crippen molar-refractivity contribution in [2.24, 2.45) is 0 Å². The summed E-state index contributed by atoms with van der Waals surface area (Å²) in [6.45, 7) is 3.88. The normalized spacial score (nSPS) is 10.4. The van der Waals surface area contributed by atoms with Crippen LogP contribution in [-0.4, -0.2) is 24.2 Å². The molecule has 0 radical (unpaired) electrons. The maximum absolute atomic E-state index is 13.0. The average molecular weight is 375 g/mol. The molecule has 0 bridgehead atoms. The zero-order valence-electron chi connectivity index (χ0n) is 15.8. The lowest BCUT2D eigenvalue weighted by molar-refractivity contribution is 0.0524. The van der Waals surface area contributed by atoms with Crippen LogP contribution in [0.5, 0.6) is 5.88 Å². The Morgan fingerprint density at radius 2 is 1.50 bits per heavy atom. The van der Waals surface area contributed by atoms with Gasteiger partial charge in [-0.25, -0.2) is 9.78 Å². The molecule has 0 aliphatic rings. The Kier molecular flexibility index (Phi) is 6.17. The molecule has 3 aromatic rings. The lowest BCUT2D eigenvalue weighted by Crippen LogP contribution is -2.18. The second kappa shape index (κ2) is 8.95. The van der Waals surface area contributed by atoms with Crippen LogP contribution in [0.3, 0.4) is 0 Å². The topological polar surface area (TPSA) is 65.5 Å². The zero-order valence-corrected chi connectivity index (χ0v) is 15.8. The van der Waals surface area contributed by atoms with Crippen molar-refractivity contribution < 1.29 is 14.3 Å². The second-order valence-corrected chi connectivity index (χ2v) is 5.95. The van der Waals surface area contributed by atoms with Crippen molar-refractivity contribution in [3.05, 3.63) is 82.5 Å². The Morgan fingerprint density at radius 3 is 2.07 bits per heavy atom. The molecule has 0 aliphatic carbocycles. The van der Waals surface area contributed by atoms with Gasteiger partial charge in [-0.15, -0.1) is 0 Å². The summed E-state index contributed by atoms with van der Waals surface area (Å²) in [7, 11) is 0. The second-order valence-electron chi connectivity index (χ2n) is 5.95. The van der Waals surface area contributed by atoms with Crippen molar-refractivity contribution in [1.29, 1.82) is 0 Å². The highest BCUT2D eigenvalue weighted by Gasteiger charge is 2.20. The van der Waals surface area contributed by atoms with Crippen LogP contribution >= 0.6 is 0 Å². The standard InChI is InChI=1S/C23H21NO4/c1-3-27-22-21(25)19(23(26)28-4-2)15-18(16-11-7-5-8-12-16)20(24-22)17-13-9-6-10-14-17/h5-15H,3-4H2,1-2H3. The molecule has 1 aromatic heterocycles. The van der Waals surface area contributed by atoms with Gasteiger partial charge in [0.1, 0.15) is 5.56 Å². The predicted molar refractivity (Wildman–Crippen MR) is 109 cm³/mol. The van der Waals surface area contributed by atoms with Crippen molar-refractivity contribution in [1.82, 2.24) is 4.98 Å². The van der Waals surface area contributed by atoms with Crippen LogP contribution < -0.4 is 10.2 Å². The molecule has 0 N–H and O–H groups in total. The molecule has 0 aliphatic heterocycles. The van der Waals surface area contributed by atoms with E-state index in [-0.39, 0.29) is 24.7 Å². The molecule has 0 saturated heterocycles. The number of nitrogens with zero attached hydrogens (tertiary/aromatic N) is 1. The SMILES string of the molecule is CCOC(=O)c1cc(-c2ccccc2)c(-c2ccccc2)nc(OCC)c1=O. The molecular weight excluding hydrogens is 354 g/mol. The van der Waals surface area contributed by atoms with E-state index >= 15 is 0 Å². The van der Waals surface area contributed by atoms with Gasteiger partial charge >= 0.3 is 5.97 Å². The van der Waals surface area contributed by atoms with Gasteiger partial charge in [0.15, 0.2) is 0 Å². The molecule has 3 rings (SSSR count). The van der Waals surface area contributed by atoms with Crippen LogP contribution in [0, 0.1) is 0 Å². The Morgan fingerprint density at radius 1 is 0.893 bits per heavy atom. The monoisotopic (exact) mass is 375 g/mol. The van der Waals surface area contributed by atoms with Crippen molar-refractivity contribution >= 4 is 5.97 Å². The van der Waals surface area contributed by atoms with Crippen LogP contribution in [0.2, 0.25) is 0 Å². The lowest BCUT2D eigenvalue weighted by Gasteiger charge is -2.07. The summed E-state index contributed by atoms with van der Waals surface area (Å²) >= 11 is 0. The van der Waals surface area contributed by atoms with Gasteiger partial charge in [-0.1, -0.05) is 60.7 Å². The largest absolute Gasteiger partial charge is 0.475 e. The van der Waals surface area contributed by atoms with Gasteiger partial charge in [0.25, 0.3) is 11.3 Å². The maximum Gasteiger partial charge on any atom is 0.342 e. The van der Waals surface area contributed by atoms with Gasteiger partial charge in [0.05, 0.1) is 18.9 Å². The molecule has 142 valence electrons. The molecule has 0 fully saturated rings. The first kappa shape index (κ1) is 19.3. The van der Waals surface area contributed by atoms with Crippen LogP contribution in [0.4, 0.5) is 0 Å². The van der Waals surface area contributed by atoms with Gasteiger partial charge in [-0.05, 0) is 25.5 Å². The van der Waals surface area contributed by atoms with Gasteiger partial charge < -0.3 is 9.47 Å². The van der Waals surface area contributed by atoms with E-state index in [2.05, 4.69) is 4.98 Å². The van der Waals surface area contributed by atoms with Crippen molar-refractivity contribution in [3.8, 4) is 28.3 Å². The third kappa shape index (κ3) is 4.09. The number of hydrogen-bond donors (Lipinski definition) is 0. The first-order chi connectivity index (χ1) is 13.7. The number of carbonyl (C=O) groups is 1. The summed E-state index contributed by atoms with van der Waals surface area (Å²) in [5, 5.41) is 0. The van der Waals surface area contributed by atoms with Gasteiger partial charge in [0, 0.05) is 11.1 Å². The Balaban J connectivity index is 2.40. The smallest absolute Gasteiger partial charge is 0.342 e. The van der Waals surface area contributed by atoms with Crippen LogP contribution in [0.25, 0.3) is 22.4 Å². The third-order valence-corrected chi connectivity index (χ3v) is 4.10. The van der Waals surface area contributed by atoms with Crippen LogP contribution in [0.15, 0.2) is 71.5 Å². The minimum absolute atomic E-state index is 0.0983. The van der Waals surface area contributed by atoms with E-state index in [1.165, 1.54) is 0 Å². The van der Waals surface area contributed by atoms with Gasteiger partial charge in [-0.3, -0.25) is 4.79 Å². The number of benzene rings is 2. The van der Waals surface area contributed by atoms with Crippen molar-refractivity contribution in [3.63, 3.8) is 0 Å². The van der Waals surface area contributed by atoms with Crippen molar-refractivity contribution in [2.45, 2.75) is 13.8 Å².